The van der Waals surface area contributed by atoms with Crippen molar-refractivity contribution in [1.29, 1.82) is 0 Å². The van der Waals surface area contributed by atoms with E-state index in [1.54, 1.807) is 26.4 Å². The molecule has 0 fully saturated rings. The molecule has 0 radical (unpaired) electrons. The molecule has 1 aromatic carbocycles. The van der Waals surface area contributed by atoms with E-state index in [0.717, 1.165) is 16.9 Å². The zero-order valence-electron chi connectivity index (χ0n) is 12.8. The first kappa shape index (κ1) is 14.7. The van der Waals surface area contributed by atoms with Gasteiger partial charge in [-0.05, 0) is 19.1 Å². The average molecular weight is 308 g/mol. The monoisotopic (exact) mass is 308 g/mol. The Morgan fingerprint density at radius 1 is 1.09 bits per heavy atom. The van der Waals surface area contributed by atoms with Crippen LogP contribution in [0, 0.1) is 6.92 Å². The summed E-state index contributed by atoms with van der Waals surface area (Å²) in [6.07, 6.45) is 3.39. The van der Waals surface area contributed by atoms with Gasteiger partial charge >= 0.3 is 0 Å². The lowest BCUT2D eigenvalue weighted by Crippen LogP contribution is -2.08. The number of hydrogen-bond donors (Lipinski definition) is 3. The van der Waals surface area contributed by atoms with Crippen LogP contribution in [0.1, 0.15) is 5.69 Å². The predicted octanol–water partition coefficient (Wildman–Crippen LogP) is 2.32. The Hall–Kier alpha value is -3.22. The number of aromatic amines is 1. The largest absolute Gasteiger partial charge is 0.357 e. The molecule has 2 aromatic heterocycles. The number of aromatic nitrogens is 4. The quantitative estimate of drug-likeness (QED) is 0.684. The summed E-state index contributed by atoms with van der Waals surface area (Å²) >= 11 is 0. The summed E-state index contributed by atoms with van der Waals surface area (Å²) in [5, 5.41) is 6.09. The first-order valence-electron chi connectivity index (χ1n) is 7.09. The van der Waals surface area contributed by atoms with Gasteiger partial charge in [0.25, 0.3) is 5.56 Å². The molecule has 2 heterocycles. The number of nitrogens with zero attached hydrogens (tertiary/aromatic N) is 3. The number of rotatable bonds is 4. The SMILES string of the molecule is CNc1ncc(Nc2cccc(-c3nc(C)cc(=O)[nH]3)c2)cn1. The molecule has 3 aromatic rings. The molecule has 0 amide bonds. The Morgan fingerprint density at radius 2 is 1.87 bits per heavy atom. The van der Waals surface area contributed by atoms with Crippen molar-refractivity contribution in [3.8, 4) is 11.4 Å². The number of benzene rings is 1. The maximum Gasteiger partial charge on any atom is 0.251 e. The fourth-order valence-electron chi connectivity index (χ4n) is 2.15. The third kappa shape index (κ3) is 3.52. The van der Waals surface area contributed by atoms with Gasteiger partial charge in [0, 0.05) is 30.1 Å². The number of nitrogens with one attached hydrogen (secondary N) is 3. The normalized spacial score (nSPS) is 10.3. The summed E-state index contributed by atoms with van der Waals surface area (Å²) in [5.74, 6) is 1.10. The van der Waals surface area contributed by atoms with E-state index in [2.05, 4.69) is 30.6 Å². The molecule has 0 bridgehead atoms. The van der Waals surface area contributed by atoms with Gasteiger partial charge in [-0.15, -0.1) is 0 Å². The van der Waals surface area contributed by atoms with Crippen molar-refractivity contribution < 1.29 is 0 Å². The molecular weight excluding hydrogens is 292 g/mol. The van der Waals surface area contributed by atoms with E-state index in [1.165, 1.54) is 6.07 Å². The van der Waals surface area contributed by atoms with Crippen LogP contribution in [0.4, 0.5) is 17.3 Å². The Labute approximate surface area is 132 Å². The lowest BCUT2D eigenvalue weighted by Gasteiger charge is -2.08. The van der Waals surface area contributed by atoms with Crippen LogP contribution >= 0.6 is 0 Å². The van der Waals surface area contributed by atoms with Gasteiger partial charge in [0.2, 0.25) is 5.95 Å². The van der Waals surface area contributed by atoms with Crippen LogP contribution in [-0.2, 0) is 0 Å². The molecule has 0 aliphatic heterocycles. The molecular formula is C16H16N6O. The molecule has 3 rings (SSSR count). The summed E-state index contributed by atoms with van der Waals surface area (Å²) in [5.41, 5.74) is 2.96. The Kier molecular flexibility index (Phi) is 4.01. The van der Waals surface area contributed by atoms with Gasteiger partial charge in [0.15, 0.2) is 0 Å². The molecule has 7 heteroatoms. The van der Waals surface area contributed by atoms with Crippen molar-refractivity contribution in [2.24, 2.45) is 0 Å². The summed E-state index contributed by atoms with van der Waals surface area (Å²) < 4.78 is 0. The summed E-state index contributed by atoms with van der Waals surface area (Å²) in [6, 6.07) is 9.08. The lowest BCUT2D eigenvalue weighted by atomic mass is 10.2. The van der Waals surface area contributed by atoms with Crippen LogP contribution in [0.3, 0.4) is 0 Å². The van der Waals surface area contributed by atoms with Crippen molar-refractivity contribution in [3.63, 3.8) is 0 Å². The minimum Gasteiger partial charge on any atom is -0.357 e. The van der Waals surface area contributed by atoms with Crippen molar-refractivity contribution in [2.75, 3.05) is 17.7 Å². The van der Waals surface area contributed by atoms with E-state index in [0.29, 0.717) is 17.5 Å². The van der Waals surface area contributed by atoms with Gasteiger partial charge in [0.05, 0.1) is 18.1 Å². The molecule has 0 saturated carbocycles. The number of anilines is 3. The molecule has 116 valence electrons. The number of H-pyrrole nitrogens is 1. The summed E-state index contributed by atoms with van der Waals surface area (Å²) in [6.45, 7) is 1.79. The zero-order chi connectivity index (χ0) is 16.2. The highest BCUT2D eigenvalue weighted by Gasteiger charge is 2.04. The third-order valence-corrected chi connectivity index (χ3v) is 3.17. The first-order valence-corrected chi connectivity index (χ1v) is 7.09. The second-order valence-electron chi connectivity index (χ2n) is 4.99. The standard InChI is InChI=1S/C16H16N6O/c1-10-6-14(23)22-15(20-10)11-4-3-5-12(7-11)21-13-8-18-16(17-2)19-9-13/h3-9,21H,1-2H3,(H,17,18,19)(H,20,22,23). The molecule has 0 aliphatic rings. The molecule has 0 saturated heterocycles. The van der Waals surface area contributed by atoms with Gasteiger partial charge in [-0.25, -0.2) is 15.0 Å². The zero-order valence-corrected chi connectivity index (χ0v) is 12.8. The van der Waals surface area contributed by atoms with E-state index in [9.17, 15) is 4.79 Å². The third-order valence-electron chi connectivity index (χ3n) is 3.17. The highest BCUT2D eigenvalue weighted by atomic mass is 16.1. The second-order valence-corrected chi connectivity index (χ2v) is 4.99. The lowest BCUT2D eigenvalue weighted by molar-refractivity contribution is 1.07. The first-order chi connectivity index (χ1) is 11.1. The summed E-state index contributed by atoms with van der Waals surface area (Å²) in [7, 11) is 1.77. The predicted molar refractivity (Wildman–Crippen MR) is 89.9 cm³/mol. The molecule has 0 aliphatic carbocycles. The van der Waals surface area contributed by atoms with Gasteiger partial charge in [-0.3, -0.25) is 4.79 Å². The maximum atomic E-state index is 11.6. The molecule has 23 heavy (non-hydrogen) atoms. The second kappa shape index (κ2) is 6.27. The smallest absolute Gasteiger partial charge is 0.251 e. The van der Waals surface area contributed by atoms with Crippen LogP contribution in [0.25, 0.3) is 11.4 Å². The maximum absolute atomic E-state index is 11.6. The minimum absolute atomic E-state index is 0.165. The average Bonchev–Trinajstić information content (AvgIpc) is 2.55. The van der Waals surface area contributed by atoms with Crippen LogP contribution in [0.15, 0.2) is 47.5 Å². The molecule has 3 N–H and O–H groups in total. The Morgan fingerprint density at radius 3 is 2.57 bits per heavy atom. The van der Waals surface area contributed by atoms with Crippen molar-refractivity contribution >= 4 is 17.3 Å². The van der Waals surface area contributed by atoms with Crippen LogP contribution in [-0.4, -0.2) is 27.0 Å². The van der Waals surface area contributed by atoms with E-state index in [1.807, 2.05) is 24.3 Å². The van der Waals surface area contributed by atoms with Gasteiger partial charge in [0.1, 0.15) is 5.82 Å². The van der Waals surface area contributed by atoms with E-state index in [4.69, 9.17) is 0 Å². The fourth-order valence-corrected chi connectivity index (χ4v) is 2.15. The Bertz CT molecular complexity index is 872. The highest BCUT2D eigenvalue weighted by molar-refractivity contribution is 5.66. The molecule has 0 atom stereocenters. The summed E-state index contributed by atoms with van der Waals surface area (Å²) in [4.78, 5) is 27.0. The minimum atomic E-state index is -0.165. The number of aryl methyl sites for hydroxylation is 1. The number of hydrogen-bond acceptors (Lipinski definition) is 6. The van der Waals surface area contributed by atoms with Crippen LogP contribution in [0.5, 0.6) is 0 Å². The molecule has 0 unspecified atom stereocenters. The van der Waals surface area contributed by atoms with E-state index >= 15 is 0 Å². The van der Waals surface area contributed by atoms with Crippen molar-refractivity contribution in [3.05, 3.63) is 58.8 Å². The highest BCUT2D eigenvalue weighted by Crippen LogP contribution is 2.21. The molecule has 7 nitrogen and oxygen atoms in total. The van der Waals surface area contributed by atoms with Gasteiger partial charge in [-0.2, -0.15) is 0 Å². The van der Waals surface area contributed by atoms with Gasteiger partial charge in [-0.1, -0.05) is 12.1 Å². The van der Waals surface area contributed by atoms with E-state index in [-0.39, 0.29) is 5.56 Å². The topological polar surface area (TPSA) is 95.6 Å². The van der Waals surface area contributed by atoms with E-state index < -0.39 is 0 Å². The van der Waals surface area contributed by atoms with Gasteiger partial charge < -0.3 is 15.6 Å². The Balaban J connectivity index is 1.88. The van der Waals surface area contributed by atoms with Crippen molar-refractivity contribution in [2.45, 2.75) is 6.92 Å². The van der Waals surface area contributed by atoms with Crippen molar-refractivity contribution in [1.82, 2.24) is 19.9 Å². The van der Waals surface area contributed by atoms with Crippen LogP contribution in [0.2, 0.25) is 0 Å². The molecule has 0 spiro atoms. The fraction of sp³-hybridized carbons (Fsp3) is 0.125. The van der Waals surface area contributed by atoms with Crippen LogP contribution < -0.4 is 16.2 Å².